The predicted octanol–water partition coefficient (Wildman–Crippen LogP) is 5.17. The maximum Gasteiger partial charge on any atom is 0.429 e. The Kier molecular flexibility index (Phi) is 7.58. The second-order valence-electron chi connectivity index (χ2n) is 8.46. The zero-order chi connectivity index (χ0) is 27.4. The summed E-state index contributed by atoms with van der Waals surface area (Å²) in [5, 5.41) is 8.96. The van der Waals surface area contributed by atoms with Gasteiger partial charge in [-0.3, -0.25) is 4.79 Å². The molecule has 0 spiro atoms. The summed E-state index contributed by atoms with van der Waals surface area (Å²) in [7, 11) is 0. The van der Waals surface area contributed by atoms with E-state index < -0.39 is 30.1 Å². The first kappa shape index (κ1) is 26.6. The van der Waals surface area contributed by atoms with E-state index in [1.807, 2.05) is 0 Å². The summed E-state index contributed by atoms with van der Waals surface area (Å²) in [5.74, 6) is -2.22. The number of carboxylic acid groups (broad SMARTS) is 1. The molecule has 4 rings (SSSR count). The molecule has 5 N–H and O–H groups in total. The van der Waals surface area contributed by atoms with Crippen molar-refractivity contribution in [1.29, 1.82) is 0 Å². The number of nitrogens with two attached hydrogens (primary N) is 2. The first-order valence-corrected chi connectivity index (χ1v) is 11.3. The largest absolute Gasteiger partial charge is 0.480 e. The number of carboxylic acids is 1. The van der Waals surface area contributed by atoms with Crippen LogP contribution in [-0.4, -0.2) is 33.3 Å². The highest BCUT2D eigenvalue weighted by molar-refractivity contribution is 5.73. The van der Waals surface area contributed by atoms with Crippen molar-refractivity contribution in [3.63, 3.8) is 0 Å². The van der Waals surface area contributed by atoms with Gasteiger partial charge in [-0.05, 0) is 35.2 Å². The highest BCUT2D eigenvalue weighted by atomic mass is 19.4. The molecule has 3 aromatic carbocycles. The van der Waals surface area contributed by atoms with Crippen molar-refractivity contribution in [2.45, 2.75) is 24.7 Å². The molecule has 0 saturated heterocycles. The van der Waals surface area contributed by atoms with E-state index >= 15 is 0 Å². The number of aromatic nitrogens is 2. The zero-order valence-electron chi connectivity index (χ0n) is 19.7. The lowest BCUT2D eigenvalue weighted by molar-refractivity contribution is -0.198. The average Bonchev–Trinajstić information content (AvgIpc) is 2.87. The number of nitrogen functional groups attached to an aromatic ring is 1. The molecule has 11 heteroatoms. The maximum atomic E-state index is 14.0. The third kappa shape index (κ3) is 6.43. The summed E-state index contributed by atoms with van der Waals surface area (Å²) < 4.78 is 60.5. The Balaban J connectivity index is 1.58. The molecule has 0 aliphatic heterocycles. The molecule has 0 radical (unpaired) electrons. The molecule has 7 nitrogen and oxygen atoms in total. The van der Waals surface area contributed by atoms with Gasteiger partial charge in [0.1, 0.15) is 11.9 Å². The van der Waals surface area contributed by atoms with Crippen LogP contribution >= 0.6 is 0 Å². The Morgan fingerprint density at radius 1 is 0.895 bits per heavy atom. The van der Waals surface area contributed by atoms with Crippen LogP contribution in [0.15, 0.2) is 78.9 Å². The van der Waals surface area contributed by atoms with Crippen LogP contribution in [0.3, 0.4) is 0 Å². The second-order valence-corrected chi connectivity index (χ2v) is 8.46. The number of rotatable bonds is 8. The summed E-state index contributed by atoms with van der Waals surface area (Å²) in [5.41, 5.74) is 13.8. The molecule has 0 bridgehead atoms. The third-order valence-electron chi connectivity index (χ3n) is 5.67. The molecule has 4 aromatic rings. The SMILES string of the molecule is Nc1nc(OC(c2ccc(-c3ccc(F)cc3)cc2)C(F)(F)F)cc(-c2ccc(CC(N)C(=O)O)cc2)n1. The van der Waals surface area contributed by atoms with Crippen LogP contribution in [0, 0.1) is 5.82 Å². The van der Waals surface area contributed by atoms with Crippen molar-refractivity contribution >= 4 is 11.9 Å². The number of hydrogen-bond acceptors (Lipinski definition) is 6. The number of halogens is 4. The van der Waals surface area contributed by atoms with Crippen molar-refractivity contribution in [1.82, 2.24) is 9.97 Å². The Bertz CT molecular complexity index is 1410. The fraction of sp³-hybridized carbons (Fsp3) is 0.148. The monoisotopic (exact) mass is 526 g/mol. The quantitative estimate of drug-likeness (QED) is 0.271. The number of aliphatic carboxylic acids is 1. The number of alkyl halides is 3. The molecule has 1 heterocycles. The standard InChI is InChI=1S/C27H22F4N4O3/c28-20-11-9-17(10-12-20)16-5-7-19(8-6-16)24(27(29,30)31)38-23-14-22(34-26(33)35-23)18-3-1-15(2-4-18)13-21(32)25(36)37/h1-12,14,21,24H,13,32H2,(H,36,37)(H2,33,34,35). The van der Waals surface area contributed by atoms with Crippen molar-refractivity contribution in [2.75, 3.05) is 5.73 Å². The first-order chi connectivity index (χ1) is 18.0. The number of hydrogen-bond donors (Lipinski definition) is 3. The molecule has 38 heavy (non-hydrogen) atoms. The maximum absolute atomic E-state index is 14.0. The van der Waals surface area contributed by atoms with E-state index in [1.165, 1.54) is 54.6 Å². The van der Waals surface area contributed by atoms with Crippen molar-refractivity contribution < 1.29 is 32.2 Å². The summed E-state index contributed by atoms with van der Waals surface area (Å²) in [6.07, 6.45) is -7.02. The van der Waals surface area contributed by atoms with Gasteiger partial charge in [-0.15, -0.1) is 0 Å². The van der Waals surface area contributed by atoms with E-state index in [1.54, 1.807) is 24.3 Å². The van der Waals surface area contributed by atoms with Gasteiger partial charge >= 0.3 is 12.1 Å². The molecule has 0 saturated carbocycles. The minimum Gasteiger partial charge on any atom is -0.480 e. The van der Waals surface area contributed by atoms with Gasteiger partial charge in [-0.25, -0.2) is 9.37 Å². The summed E-state index contributed by atoms with van der Waals surface area (Å²) in [6.45, 7) is 0. The van der Waals surface area contributed by atoms with Crippen LogP contribution in [0.5, 0.6) is 5.88 Å². The summed E-state index contributed by atoms with van der Waals surface area (Å²) >= 11 is 0. The molecule has 2 atom stereocenters. The Morgan fingerprint density at radius 3 is 2.00 bits per heavy atom. The first-order valence-electron chi connectivity index (χ1n) is 11.3. The third-order valence-corrected chi connectivity index (χ3v) is 5.67. The Morgan fingerprint density at radius 2 is 1.45 bits per heavy atom. The fourth-order valence-electron chi connectivity index (χ4n) is 3.74. The van der Waals surface area contributed by atoms with Gasteiger partial charge in [0.15, 0.2) is 0 Å². The minimum atomic E-state index is -4.78. The van der Waals surface area contributed by atoms with E-state index in [0.717, 1.165) is 0 Å². The van der Waals surface area contributed by atoms with Crippen molar-refractivity contribution in [3.05, 3.63) is 95.8 Å². The number of carbonyl (C=O) groups is 1. The topological polar surface area (TPSA) is 124 Å². The molecular weight excluding hydrogens is 504 g/mol. The molecule has 0 amide bonds. The molecule has 0 aliphatic carbocycles. The molecule has 2 unspecified atom stereocenters. The van der Waals surface area contributed by atoms with E-state index in [-0.39, 0.29) is 29.5 Å². The van der Waals surface area contributed by atoms with Crippen LogP contribution in [0.4, 0.5) is 23.5 Å². The van der Waals surface area contributed by atoms with Crippen LogP contribution in [0.2, 0.25) is 0 Å². The van der Waals surface area contributed by atoms with Gasteiger partial charge in [-0.1, -0.05) is 60.7 Å². The van der Waals surface area contributed by atoms with Gasteiger partial charge in [0, 0.05) is 17.2 Å². The molecule has 0 aliphatic rings. The predicted molar refractivity (Wildman–Crippen MR) is 132 cm³/mol. The minimum absolute atomic E-state index is 0.100. The van der Waals surface area contributed by atoms with Crippen LogP contribution in [0.1, 0.15) is 17.2 Å². The number of nitrogens with zero attached hydrogens (tertiary/aromatic N) is 2. The highest BCUT2D eigenvalue weighted by Crippen LogP contribution is 2.38. The van der Waals surface area contributed by atoms with Gasteiger partial charge in [0.25, 0.3) is 0 Å². The van der Waals surface area contributed by atoms with Crippen LogP contribution < -0.4 is 16.2 Å². The highest BCUT2D eigenvalue weighted by Gasteiger charge is 2.43. The fourth-order valence-corrected chi connectivity index (χ4v) is 3.74. The van der Waals surface area contributed by atoms with E-state index in [0.29, 0.717) is 22.3 Å². The van der Waals surface area contributed by atoms with E-state index in [2.05, 4.69) is 9.97 Å². The summed E-state index contributed by atoms with van der Waals surface area (Å²) in [4.78, 5) is 18.9. The second kappa shape index (κ2) is 10.9. The van der Waals surface area contributed by atoms with Crippen LogP contribution in [0.25, 0.3) is 22.4 Å². The number of benzene rings is 3. The van der Waals surface area contributed by atoms with Crippen molar-refractivity contribution in [3.8, 4) is 28.3 Å². The lowest BCUT2D eigenvalue weighted by atomic mass is 10.0. The lowest BCUT2D eigenvalue weighted by Gasteiger charge is -2.22. The van der Waals surface area contributed by atoms with Gasteiger partial charge in [-0.2, -0.15) is 18.2 Å². The summed E-state index contributed by atoms with van der Waals surface area (Å²) in [6, 6.07) is 17.8. The molecule has 1 aromatic heterocycles. The van der Waals surface area contributed by atoms with Crippen LogP contribution in [-0.2, 0) is 11.2 Å². The number of ether oxygens (including phenoxy) is 1. The lowest BCUT2D eigenvalue weighted by Crippen LogP contribution is -2.32. The normalized spacial score (nSPS) is 13.1. The van der Waals surface area contributed by atoms with Crippen molar-refractivity contribution in [2.24, 2.45) is 5.73 Å². The van der Waals surface area contributed by atoms with Gasteiger partial charge < -0.3 is 21.3 Å². The molecular formula is C27H22F4N4O3. The zero-order valence-corrected chi connectivity index (χ0v) is 19.7. The average molecular weight is 526 g/mol. The Labute approximate surface area is 214 Å². The smallest absolute Gasteiger partial charge is 0.429 e. The molecule has 196 valence electrons. The van der Waals surface area contributed by atoms with E-state index in [9.17, 15) is 22.4 Å². The van der Waals surface area contributed by atoms with E-state index in [4.69, 9.17) is 21.3 Å². The van der Waals surface area contributed by atoms with Gasteiger partial charge in [0.2, 0.25) is 17.9 Å². The molecule has 0 fully saturated rings. The Hall–Kier alpha value is -4.51. The number of anilines is 1. The van der Waals surface area contributed by atoms with Gasteiger partial charge in [0.05, 0.1) is 5.69 Å².